The summed E-state index contributed by atoms with van der Waals surface area (Å²) in [6, 6.07) is -0.806. The van der Waals surface area contributed by atoms with E-state index in [9.17, 15) is 30.3 Å². The number of unbranched alkanes of at least 4 members (excludes halogenated alkanes) is 57. The lowest BCUT2D eigenvalue weighted by atomic mass is 9.99. The molecule has 0 bridgehead atoms. The first-order valence-corrected chi connectivity index (χ1v) is 40.9. The summed E-state index contributed by atoms with van der Waals surface area (Å²) in [5.41, 5.74) is 0. The van der Waals surface area contributed by atoms with Crippen LogP contribution < -0.4 is 5.32 Å². The maximum absolute atomic E-state index is 13.2. The zero-order valence-corrected chi connectivity index (χ0v) is 61.1. The van der Waals surface area contributed by atoms with E-state index in [1.54, 1.807) is 6.08 Å². The molecule has 0 aromatic carbocycles. The second-order valence-electron chi connectivity index (χ2n) is 28.6. The van der Waals surface area contributed by atoms with E-state index in [2.05, 4.69) is 55.6 Å². The van der Waals surface area contributed by atoms with Gasteiger partial charge in [0.25, 0.3) is 0 Å². The number of aliphatic hydroxyl groups excluding tert-OH is 5. The number of ether oxygens (including phenoxy) is 2. The second-order valence-corrected chi connectivity index (χ2v) is 28.6. The zero-order valence-electron chi connectivity index (χ0n) is 61.1. The highest BCUT2D eigenvalue weighted by Gasteiger charge is 2.44. The number of carbonyl (C=O) groups excluding carboxylic acids is 1. The highest BCUT2D eigenvalue weighted by atomic mass is 16.7. The maximum atomic E-state index is 13.2. The summed E-state index contributed by atoms with van der Waals surface area (Å²) >= 11 is 0. The van der Waals surface area contributed by atoms with Gasteiger partial charge in [-0.1, -0.05) is 403 Å². The first-order chi connectivity index (χ1) is 45.3. The largest absolute Gasteiger partial charge is 0.394 e. The first-order valence-electron chi connectivity index (χ1n) is 40.9. The van der Waals surface area contributed by atoms with Gasteiger partial charge in [-0.15, -0.1) is 0 Å². The van der Waals surface area contributed by atoms with Gasteiger partial charge < -0.3 is 40.3 Å². The fourth-order valence-corrected chi connectivity index (χ4v) is 13.3. The van der Waals surface area contributed by atoms with Gasteiger partial charge in [0.05, 0.1) is 25.4 Å². The van der Waals surface area contributed by atoms with Crippen LogP contribution in [0.15, 0.2) is 48.6 Å². The summed E-state index contributed by atoms with van der Waals surface area (Å²) < 4.78 is 11.4. The van der Waals surface area contributed by atoms with Gasteiger partial charge in [-0.3, -0.25) is 4.79 Å². The van der Waals surface area contributed by atoms with Gasteiger partial charge in [0.15, 0.2) is 6.29 Å². The average molecular weight is 1300 g/mol. The van der Waals surface area contributed by atoms with Crippen molar-refractivity contribution in [3.63, 3.8) is 0 Å². The van der Waals surface area contributed by atoms with Crippen molar-refractivity contribution in [3.05, 3.63) is 48.6 Å². The molecule has 7 atom stereocenters. The lowest BCUT2D eigenvalue weighted by Crippen LogP contribution is -2.60. The van der Waals surface area contributed by atoms with Gasteiger partial charge >= 0.3 is 0 Å². The number of rotatable bonds is 73. The van der Waals surface area contributed by atoms with E-state index in [0.717, 1.165) is 51.4 Å². The Bertz CT molecular complexity index is 1600. The van der Waals surface area contributed by atoms with Crippen molar-refractivity contribution < 1.29 is 39.8 Å². The molecule has 1 heterocycles. The van der Waals surface area contributed by atoms with Crippen molar-refractivity contribution in [2.24, 2.45) is 0 Å². The quantitative estimate of drug-likeness (QED) is 0.0261. The fraction of sp³-hybridized carbons (Fsp3) is 0.892. The third kappa shape index (κ3) is 59.4. The van der Waals surface area contributed by atoms with Crippen LogP contribution in [-0.4, -0.2) is 87.5 Å². The van der Waals surface area contributed by atoms with Crippen LogP contribution in [0.2, 0.25) is 0 Å². The fourth-order valence-electron chi connectivity index (χ4n) is 13.3. The van der Waals surface area contributed by atoms with Crippen molar-refractivity contribution in [2.75, 3.05) is 13.2 Å². The third-order valence-corrected chi connectivity index (χ3v) is 19.6. The van der Waals surface area contributed by atoms with Gasteiger partial charge in [-0.05, 0) is 57.8 Å². The number of aliphatic hydroxyl groups is 5. The second kappa shape index (κ2) is 71.9. The van der Waals surface area contributed by atoms with Crippen molar-refractivity contribution in [2.45, 2.75) is 461 Å². The molecule has 0 saturated carbocycles. The van der Waals surface area contributed by atoms with Gasteiger partial charge in [0.1, 0.15) is 24.4 Å². The summed E-state index contributed by atoms with van der Waals surface area (Å²) in [5, 5.41) is 54.9. The van der Waals surface area contributed by atoms with E-state index in [1.807, 2.05) is 6.08 Å². The predicted molar refractivity (Wildman–Crippen MR) is 396 cm³/mol. The average Bonchev–Trinajstić information content (AvgIpc) is 1.00. The van der Waals surface area contributed by atoms with E-state index in [1.165, 1.54) is 347 Å². The molecule has 7 unspecified atom stereocenters. The van der Waals surface area contributed by atoms with Gasteiger partial charge in [0.2, 0.25) is 5.91 Å². The Morgan fingerprint density at radius 3 is 0.946 bits per heavy atom. The Morgan fingerprint density at radius 1 is 0.370 bits per heavy atom. The van der Waals surface area contributed by atoms with E-state index in [-0.39, 0.29) is 12.5 Å². The summed E-state index contributed by atoms with van der Waals surface area (Å²) in [6.07, 6.45) is 92.7. The maximum Gasteiger partial charge on any atom is 0.220 e. The molecule has 1 aliphatic heterocycles. The van der Waals surface area contributed by atoms with Crippen molar-refractivity contribution in [1.29, 1.82) is 0 Å². The summed E-state index contributed by atoms with van der Waals surface area (Å²) in [5.74, 6) is -0.168. The number of amides is 1. The number of carbonyl (C=O) groups is 1. The molecule has 1 fully saturated rings. The Morgan fingerprint density at radius 2 is 0.641 bits per heavy atom. The molecule has 0 aromatic heterocycles. The Labute approximate surface area is 571 Å². The van der Waals surface area contributed by atoms with Gasteiger partial charge in [-0.25, -0.2) is 0 Å². The number of hydrogen-bond acceptors (Lipinski definition) is 8. The molecule has 1 amide bonds. The highest BCUT2D eigenvalue weighted by Crippen LogP contribution is 2.24. The summed E-state index contributed by atoms with van der Waals surface area (Å²) in [6.45, 7) is 3.83. The normalized spacial score (nSPS) is 17.8. The van der Waals surface area contributed by atoms with Crippen molar-refractivity contribution >= 4 is 5.91 Å². The number of allylic oxidation sites excluding steroid dienone is 7. The number of nitrogens with one attached hydrogen (secondary N) is 1. The molecule has 92 heavy (non-hydrogen) atoms. The molecule has 9 nitrogen and oxygen atoms in total. The molecular formula is C83H157NO8. The SMILES string of the molecule is CCCCCCC/C=C\C/C=C\C/C=C\CCCCCCCCCCCCCCCCCCCCCCCCCCCCC(=O)NC(COC1OC(CO)C(O)C(O)C1O)C(O)/C=C/CCCCCCCCCCCCCCCCCCCCCCCCCCCC. The molecular weight excluding hydrogens is 1140 g/mol. The molecule has 0 aromatic rings. The highest BCUT2D eigenvalue weighted by molar-refractivity contribution is 5.76. The molecule has 9 heteroatoms. The lowest BCUT2D eigenvalue weighted by molar-refractivity contribution is -0.302. The van der Waals surface area contributed by atoms with Crippen LogP contribution in [0.5, 0.6) is 0 Å². The minimum atomic E-state index is -1.57. The molecule has 1 aliphatic rings. The van der Waals surface area contributed by atoms with Gasteiger partial charge in [0, 0.05) is 6.42 Å². The summed E-state index contributed by atoms with van der Waals surface area (Å²) in [4.78, 5) is 13.2. The number of hydrogen-bond donors (Lipinski definition) is 6. The molecule has 1 rings (SSSR count). The molecule has 0 radical (unpaired) electrons. The molecule has 0 aliphatic carbocycles. The lowest BCUT2D eigenvalue weighted by Gasteiger charge is -2.40. The Hall–Kier alpha value is -1.85. The van der Waals surface area contributed by atoms with Crippen LogP contribution in [0, 0.1) is 0 Å². The monoisotopic (exact) mass is 1300 g/mol. The van der Waals surface area contributed by atoms with Crippen LogP contribution >= 0.6 is 0 Å². The smallest absolute Gasteiger partial charge is 0.220 e. The van der Waals surface area contributed by atoms with Crippen LogP contribution in [-0.2, 0) is 14.3 Å². The molecule has 1 saturated heterocycles. The van der Waals surface area contributed by atoms with E-state index in [4.69, 9.17) is 9.47 Å². The van der Waals surface area contributed by atoms with Crippen LogP contribution in [0.1, 0.15) is 418 Å². The third-order valence-electron chi connectivity index (χ3n) is 19.6. The zero-order chi connectivity index (χ0) is 66.4. The molecule has 0 spiro atoms. The minimum absolute atomic E-state index is 0.168. The van der Waals surface area contributed by atoms with Crippen molar-refractivity contribution in [3.8, 4) is 0 Å². The van der Waals surface area contributed by atoms with E-state index >= 15 is 0 Å². The minimum Gasteiger partial charge on any atom is -0.394 e. The van der Waals surface area contributed by atoms with Gasteiger partial charge in [-0.2, -0.15) is 0 Å². The van der Waals surface area contributed by atoms with Crippen LogP contribution in [0.3, 0.4) is 0 Å². The summed E-state index contributed by atoms with van der Waals surface area (Å²) in [7, 11) is 0. The van der Waals surface area contributed by atoms with Crippen LogP contribution in [0.4, 0.5) is 0 Å². The van der Waals surface area contributed by atoms with Crippen LogP contribution in [0.25, 0.3) is 0 Å². The molecule has 542 valence electrons. The standard InChI is InChI=1S/C83H157NO8/c1-3-5-7-9-11-13-15-17-19-21-23-25-27-29-31-33-34-35-36-37-38-39-40-41-42-43-44-45-47-49-51-53-55-57-59-61-63-65-67-69-71-73-79(87)84-76(75-91-83-82(90)81(89)80(88)78(74-85)92-83)77(86)72-70-68-66-64-62-60-58-56-54-52-50-48-46-32-30-28-26-24-22-20-18-16-14-12-10-8-6-4-2/h15,17,21,23,27,29,70,72,76-78,80-83,85-86,88-90H,3-14,16,18-20,22,24-26,28,30-69,71,73-75H2,1-2H3,(H,84,87)/b17-15-,23-21-,29-27-,72-70+. The Kier molecular flexibility index (Phi) is 68.9. The molecule has 6 N–H and O–H groups in total. The Balaban J connectivity index is 2.04. The predicted octanol–water partition coefficient (Wildman–Crippen LogP) is 23.5. The van der Waals surface area contributed by atoms with Crippen molar-refractivity contribution in [1.82, 2.24) is 5.32 Å². The van der Waals surface area contributed by atoms with E-state index in [0.29, 0.717) is 6.42 Å². The topological polar surface area (TPSA) is 149 Å². The van der Waals surface area contributed by atoms with E-state index < -0.39 is 49.5 Å². The first kappa shape index (κ1) is 88.2.